The fraction of sp³-hybridized carbons (Fsp3) is 0.318. The quantitative estimate of drug-likeness (QED) is 0.640. The number of benzene rings is 2. The van der Waals surface area contributed by atoms with E-state index in [4.69, 9.17) is 0 Å². The lowest BCUT2D eigenvalue weighted by atomic mass is 9.92. The third-order valence-corrected chi connectivity index (χ3v) is 5.04. The third kappa shape index (κ3) is 4.44. The Bertz CT molecular complexity index is 711. The summed E-state index contributed by atoms with van der Waals surface area (Å²) in [5, 5.41) is 10.5. The van der Waals surface area contributed by atoms with Crippen molar-refractivity contribution < 1.29 is 9.90 Å². The highest BCUT2D eigenvalue weighted by Crippen LogP contribution is 2.27. The average Bonchev–Trinajstić information content (AvgIpc) is 2.66. The summed E-state index contributed by atoms with van der Waals surface area (Å²) in [6, 6.07) is 19.5. The van der Waals surface area contributed by atoms with Gasteiger partial charge in [-0.05, 0) is 25.5 Å². The smallest absolute Gasteiger partial charge is 0.164 e. The van der Waals surface area contributed by atoms with Crippen molar-refractivity contribution in [2.45, 2.75) is 37.5 Å². The predicted molar refractivity (Wildman–Crippen MR) is 101 cm³/mol. The molecule has 0 aliphatic carbocycles. The number of ketones is 1. The summed E-state index contributed by atoms with van der Waals surface area (Å²) in [5.41, 5.74) is 1.71. The number of nitrogens with zero attached hydrogens (tertiary/aromatic N) is 1. The maximum absolute atomic E-state index is 12.5. The minimum atomic E-state index is -0.481. The van der Waals surface area contributed by atoms with Gasteiger partial charge in [0.05, 0.1) is 6.10 Å². The summed E-state index contributed by atoms with van der Waals surface area (Å²) in [6.07, 6.45) is 5.81. The van der Waals surface area contributed by atoms with E-state index in [2.05, 4.69) is 24.1 Å². The molecule has 2 unspecified atom stereocenters. The maximum atomic E-state index is 12.5. The summed E-state index contributed by atoms with van der Waals surface area (Å²) in [6.45, 7) is 0. The molecule has 0 aromatic heterocycles. The number of carbonyl (C=O) groups is 1. The van der Waals surface area contributed by atoms with Crippen LogP contribution in [0.4, 0.5) is 0 Å². The van der Waals surface area contributed by atoms with Crippen LogP contribution in [-0.4, -0.2) is 34.9 Å². The molecule has 25 heavy (non-hydrogen) atoms. The Morgan fingerprint density at radius 3 is 2.44 bits per heavy atom. The summed E-state index contributed by atoms with van der Waals surface area (Å²) in [5.74, 6) is 0.159. The summed E-state index contributed by atoms with van der Waals surface area (Å²) in [4.78, 5) is 14.7. The van der Waals surface area contributed by atoms with Crippen LogP contribution in [0.2, 0.25) is 0 Å². The van der Waals surface area contributed by atoms with Gasteiger partial charge in [0.1, 0.15) is 0 Å². The van der Waals surface area contributed by atoms with Crippen LogP contribution >= 0.6 is 0 Å². The van der Waals surface area contributed by atoms with Crippen LogP contribution in [0.3, 0.4) is 0 Å². The second-order valence-corrected chi connectivity index (χ2v) is 6.71. The monoisotopic (exact) mass is 335 g/mol. The van der Waals surface area contributed by atoms with Gasteiger partial charge in [-0.25, -0.2) is 0 Å². The van der Waals surface area contributed by atoms with Gasteiger partial charge < -0.3 is 5.11 Å². The molecule has 130 valence electrons. The first-order chi connectivity index (χ1) is 12.1. The molecular formula is C22H25NO2. The lowest BCUT2D eigenvalue weighted by Crippen LogP contribution is -2.43. The first-order valence-electron chi connectivity index (χ1n) is 8.85. The van der Waals surface area contributed by atoms with Gasteiger partial charge in [0.2, 0.25) is 0 Å². The average molecular weight is 335 g/mol. The van der Waals surface area contributed by atoms with E-state index in [9.17, 15) is 9.90 Å². The molecule has 3 rings (SSSR count). The lowest BCUT2D eigenvalue weighted by Gasteiger charge is -2.37. The van der Waals surface area contributed by atoms with Crippen LogP contribution in [0.1, 0.15) is 41.3 Å². The molecule has 2 aromatic rings. The van der Waals surface area contributed by atoms with E-state index in [0.29, 0.717) is 12.8 Å². The number of aliphatic hydroxyl groups is 1. The van der Waals surface area contributed by atoms with Crippen molar-refractivity contribution in [3.05, 3.63) is 83.9 Å². The van der Waals surface area contributed by atoms with Crippen molar-refractivity contribution in [3.8, 4) is 0 Å². The molecule has 3 nitrogen and oxygen atoms in total. The number of carbonyl (C=O) groups excluding carboxylic acids is 1. The first kappa shape index (κ1) is 17.6. The van der Waals surface area contributed by atoms with Crippen molar-refractivity contribution in [3.63, 3.8) is 0 Å². The van der Waals surface area contributed by atoms with Gasteiger partial charge in [0.15, 0.2) is 5.78 Å². The van der Waals surface area contributed by atoms with E-state index in [1.165, 1.54) is 0 Å². The second-order valence-electron chi connectivity index (χ2n) is 6.71. The normalized spacial score (nSPS) is 21.8. The van der Waals surface area contributed by atoms with Gasteiger partial charge in [-0.3, -0.25) is 9.69 Å². The molecule has 0 radical (unpaired) electrons. The topological polar surface area (TPSA) is 40.5 Å². The van der Waals surface area contributed by atoms with Gasteiger partial charge in [-0.2, -0.15) is 0 Å². The predicted octanol–water partition coefficient (Wildman–Crippen LogP) is 4.01. The van der Waals surface area contributed by atoms with E-state index < -0.39 is 6.10 Å². The van der Waals surface area contributed by atoms with Gasteiger partial charge in [-0.15, -0.1) is 0 Å². The maximum Gasteiger partial charge on any atom is 0.164 e. The Hall–Kier alpha value is -2.23. The zero-order valence-electron chi connectivity index (χ0n) is 14.6. The fourth-order valence-electron chi connectivity index (χ4n) is 3.44. The molecule has 0 spiro atoms. The largest absolute Gasteiger partial charge is 0.388 e. The number of hydrogen-bond donors (Lipinski definition) is 1. The third-order valence-electron chi connectivity index (χ3n) is 5.04. The lowest BCUT2D eigenvalue weighted by molar-refractivity contribution is 0.0832. The van der Waals surface area contributed by atoms with Gasteiger partial charge in [-0.1, -0.05) is 72.8 Å². The highest BCUT2D eigenvalue weighted by atomic mass is 16.3. The van der Waals surface area contributed by atoms with Crippen molar-refractivity contribution >= 4 is 5.78 Å². The van der Waals surface area contributed by atoms with Crippen molar-refractivity contribution in [1.29, 1.82) is 0 Å². The molecule has 3 heteroatoms. The van der Waals surface area contributed by atoms with Gasteiger partial charge in [0, 0.05) is 24.1 Å². The zero-order chi connectivity index (χ0) is 17.6. The molecule has 3 atom stereocenters. The molecule has 0 saturated carbocycles. The number of aliphatic hydroxyl groups excluding tert-OH is 1. The van der Waals surface area contributed by atoms with Crippen LogP contribution in [0.5, 0.6) is 0 Å². The van der Waals surface area contributed by atoms with E-state index >= 15 is 0 Å². The number of hydrogen-bond acceptors (Lipinski definition) is 3. The fourth-order valence-corrected chi connectivity index (χ4v) is 3.44. The van der Waals surface area contributed by atoms with Crippen LogP contribution in [0.15, 0.2) is 72.8 Å². The van der Waals surface area contributed by atoms with Crippen LogP contribution < -0.4 is 0 Å². The number of Topliss-reactive ketones (excluding diaryl/α,β-unsaturated/α-hetero) is 1. The van der Waals surface area contributed by atoms with E-state index in [0.717, 1.165) is 17.5 Å². The van der Waals surface area contributed by atoms with Crippen molar-refractivity contribution in [2.75, 3.05) is 7.05 Å². The van der Waals surface area contributed by atoms with Gasteiger partial charge in [0.25, 0.3) is 0 Å². The standard InChI is InChI=1S/C22H25NO2/c1-23-19(15-21(24)17-9-4-2-5-10-17)13-8-14-20(23)16-22(25)18-11-6-3-7-12-18/h2-13,19-20,22,25H,14-16H2,1H3/t19?,20?,22-/m0/s1. The minimum Gasteiger partial charge on any atom is -0.388 e. The molecule has 1 heterocycles. The molecule has 0 amide bonds. The molecular weight excluding hydrogens is 310 g/mol. The molecule has 0 fully saturated rings. The van der Waals surface area contributed by atoms with Crippen molar-refractivity contribution in [2.24, 2.45) is 0 Å². The van der Waals surface area contributed by atoms with Gasteiger partial charge >= 0.3 is 0 Å². The van der Waals surface area contributed by atoms with Crippen molar-refractivity contribution in [1.82, 2.24) is 4.90 Å². The minimum absolute atomic E-state index is 0.0782. The van der Waals surface area contributed by atoms with Crippen LogP contribution in [0, 0.1) is 0 Å². The highest BCUT2D eigenvalue weighted by Gasteiger charge is 2.28. The molecule has 1 N–H and O–H groups in total. The summed E-state index contributed by atoms with van der Waals surface area (Å²) in [7, 11) is 2.05. The Morgan fingerprint density at radius 1 is 1.12 bits per heavy atom. The highest BCUT2D eigenvalue weighted by molar-refractivity contribution is 5.96. The second kappa shape index (κ2) is 8.24. The molecule has 0 saturated heterocycles. The Balaban J connectivity index is 1.63. The summed E-state index contributed by atoms with van der Waals surface area (Å²) < 4.78 is 0. The molecule has 0 bridgehead atoms. The van der Waals surface area contributed by atoms with Crippen LogP contribution in [0.25, 0.3) is 0 Å². The Morgan fingerprint density at radius 2 is 1.76 bits per heavy atom. The molecule has 1 aliphatic rings. The molecule has 1 aliphatic heterocycles. The van der Waals surface area contributed by atoms with Crippen LogP contribution in [-0.2, 0) is 0 Å². The number of rotatable bonds is 6. The Labute approximate surface area is 149 Å². The first-order valence-corrected chi connectivity index (χ1v) is 8.85. The van der Waals surface area contributed by atoms with E-state index in [1.54, 1.807) is 0 Å². The molecule has 2 aromatic carbocycles. The SMILES string of the molecule is CN1C(CC(=O)c2ccccc2)C=CCC1C[C@H](O)c1ccccc1. The summed E-state index contributed by atoms with van der Waals surface area (Å²) >= 11 is 0. The Kier molecular flexibility index (Phi) is 5.79. The zero-order valence-corrected chi connectivity index (χ0v) is 14.6. The van der Waals surface area contributed by atoms with E-state index in [1.807, 2.05) is 60.7 Å². The number of likely N-dealkylation sites (N-methyl/N-ethyl adjacent to an activating group) is 1. The van der Waals surface area contributed by atoms with E-state index in [-0.39, 0.29) is 17.9 Å².